The summed E-state index contributed by atoms with van der Waals surface area (Å²) >= 11 is 0. The molecule has 1 N–H and O–H groups in total. The van der Waals surface area contributed by atoms with E-state index in [-0.39, 0.29) is 12.2 Å². The second-order valence-corrected chi connectivity index (χ2v) is 6.48. The van der Waals surface area contributed by atoms with Gasteiger partial charge < -0.3 is 4.90 Å². The first-order valence-electron chi connectivity index (χ1n) is 7.55. The Balaban J connectivity index is 2.12. The quantitative estimate of drug-likeness (QED) is 0.837. The van der Waals surface area contributed by atoms with Crippen molar-refractivity contribution in [1.29, 1.82) is 0 Å². The van der Waals surface area contributed by atoms with Gasteiger partial charge in [-0.1, -0.05) is 34.1 Å². The summed E-state index contributed by atoms with van der Waals surface area (Å²) in [6.45, 7) is 11.0. The van der Waals surface area contributed by atoms with Gasteiger partial charge in [0.2, 0.25) is 5.91 Å². The molecule has 0 aromatic heterocycles. The van der Waals surface area contributed by atoms with E-state index >= 15 is 0 Å². The maximum Gasteiger partial charge on any atom is 0.241 e. The molecule has 1 saturated heterocycles. The van der Waals surface area contributed by atoms with Crippen molar-refractivity contribution in [2.75, 3.05) is 0 Å². The standard InChI is InChI=1S/C15H28N2O/c1-6-12-7-8-13(10(12)4)17-11(5)16-14(9(2)3)15(17)18/h9-14,16H,6-8H2,1-5H3. The molecule has 5 atom stereocenters. The fraction of sp³-hybridized carbons (Fsp3) is 0.933. The van der Waals surface area contributed by atoms with Crippen LogP contribution in [0.5, 0.6) is 0 Å². The molecule has 3 heteroatoms. The van der Waals surface area contributed by atoms with Crippen molar-refractivity contribution < 1.29 is 4.79 Å². The topological polar surface area (TPSA) is 32.3 Å². The Morgan fingerprint density at radius 3 is 2.44 bits per heavy atom. The van der Waals surface area contributed by atoms with Crippen molar-refractivity contribution >= 4 is 5.91 Å². The van der Waals surface area contributed by atoms with Gasteiger partial charge in [-0.2, -0.15) is 0 Å². The number of amides is 1. The summed E-state index contributed by atoms with van der Waals surface area (Å²) in [5.74, 6) is 2.15. The minimum Gasteiger partial charge on any atom is -0.323 e. The summed E-state index contributed by atoms with van der Waals surface area (Å²) < 4.78 is 0. The highest BCUT2D eigenvalue weighted by molar-refractivity contribution is 5.85. The van der Waals surface area contributed by atoms with Crippen LogP contribution >= 0.6 is 0 Å². The first-order chi connectivity index (χ1) is 8.47. The highest BCUT2D eigenvalue weighted by Crippen LogP contribution is 2.39. The Morgan fingerprint density at radius 1 is 1.33 bits per heavy atom. The molecule has 3 nitrogen and oxygen atoms in total. The van der Waals surface area contributed by atoms with Crippen molar-refractivity contribution in [2.24, 2.45) is 17.8 Å². The number of carbonyl (C=O) groups is 1. The summed E-state index contributed by atoms with van der Waals surface area (Å²) in [7, 11) is 0. The van der Waals surface area contributed by atoms with Gasteiger partial charge in [-0.25, -0.2) is 0 Å². The summed E-state index contributed by atoms with van der Waals surface area (Å²) in [4.78, 5) is 14.7. The van der Waals surface area contributed by atoms with Crippen LogP contribution < -0.4 is 5.32 Å². The van der Waals surface area contributed by atoms with E-state index in [0.29, 0.717) is 23.8 Å². The molecule has 1 heterocycles. The highest BCUT2D eigenvalue weighted by atomic mass is 16.2. The lowest BCUT2D eigenvalue weighted by Crippen LogP contribution is -2.45. The maximum atomic E-state index is 12.5. The lowest BCUT2D eigenvalue weighted by molar-refractivity contribution is -0.133. The van der Waals surface area contributed by atoms with E-state index in [1.807, 2.05) is 0 Å². The molecule has 0 radical (unpaired) electrons. The zero-order chi connectivity index (χ0) is 13.4. The maximum absolute atomic E-state index is 12.5. The summed E-state index contributed by atoms with van der Waals surface area (Å²) in [6, 6.07) is 0.474. The first-order valence-corrected chi connectivity index (χ1v) is 7.55. The number of nitrogens with one attached hydrogen (secondary N) is 1. The molecular weight excluding hydrogens is 224 g/mol. The van der Waals surface area contributed by atoms with Crippen molar-refractivity contribution in [1.82, 2.24) is 10.2 Å². The van der Waals surface area contributed by atoms with Gasteiger partial charge in [-0.3, -0.25) is 10.1 Å². The number of carbonyl (C=O) groups excluding carboxylic acids is 1. The van der Waals surface area contributed by atoms with E-state index < -0.39 is 0 Å². The molecule has 1 saturated carbocycles. The molecule has 0 aromatic carbocycles. The Hall–Kier alpha value is -0.570. The largest absolute Gasteiger partial charge is 0.323 e. The average molecular weight is 252 g/mol. The molecule has 1 amide bonds. The van der Waals surface area contributed by atoms with Crippen molar-refractivity contribution in [3.05, 3.63) is 0 Å². The predicted molar refractivity (Wildman–Crippen MR) is 74.0 cm³/mol. The number of hydrogen-bond donors (Lipinski definition) is 1. The second kappa shape index (κ2) is 5.20. The molecular formula is C15H28N2O. The van der Waals surface area contributed by atoms with Crippen molar-refractivity contribution in [2.45, 2.75) is 72.1 Å². The minimum atomic E-state index is 0.0212. The molecule has 2 fully saturated rings. The first kappa shape index (κ1) is 13.9. The zero-order valence-corrected chi connectivity index (χ0v) is 12.4. The van der Waals surface area contributed by atoms with Gasteiger partial charge in [-0.15, -0.1) is 0 Å². The molecule has 2 rings (SSSR count). The Morgan fingerprint density at radius 2 is 2.00 bits per heavy atom. The second-order valence-electron chi connectivity index (χ2n) is 6.48. The van der Waals surface area contributed by atoms with E-state index in [2.05, 4.69) is 44.8 Å². The molecule has 0 spiro atoms. The van der Waals surface area contributed by atoms with Crippen LogP contribution in [0.25, 0.3) is 0 Å². The molecule has 0 bridgehead atoms. The Labute approximate surface area is 111 Å². The van der Waals surface area contributed by atoms with Crippen molar-refractivity contribution in [3.8, 4) is 0 Å². The number of hydrogen-bond acceptors (Lipinski definition) is 2. The third kappa shape index (κ3) is 2.18. The van der Waals surface area contributed by atoms with Crippen LogP contribution in [0, 0.1) is 17.8 Å². The minimum absolute atomic E-state index is 0.0212. The van der Waals surface area contributed by atoms with Crippen LogP contribution in [0.1, 0.15) is 53.9 Å². The summed E-state index contributed by atoms with van der Waals surface area (Å²) in [5, 5.41) is 3.46. The van der Waals surface area contributed by atoms with E-state index in [0.717, 1.165) is 5.92 Å². The fourth-order valence-corrected chi connectivity index (χ4v) is 3.88. The van der Waals surface area contributed by atoms with Gasteiger partial charge in [0, 0.05) is 6.04 Å². The molecule has 104 valence electrons. The number of rotatable bonds is 3. The van der Waals surface area contributed by atoms with Crippen LogP contribution in [0.15, 0.2) is 0 Å². The van der Waals surface area contributed by atoms with Gasteiger partial charge in [0.15, 0.2) is 0 Å². The molecule has 5 unspecified atom stereocenters. The molecule has 1 aliphatic heterocycles. The third-order valence-electron chi connectivity index (χ3n) is 5.09. The monoisotopic (exact) mass is 252 g/mol. The zero-order valence-electron chi connectivity index (χ0n) is 12.4. The Kier molecular flexibility index (Phi) is 4.00. The lowest BCUT2D eigenvalue weighted by atomic mass is 9.92. The Bertz CT molecular complexity index is 316. The third-order valence-corrected chi connectivity index (χ3v) is 5.09. The summed E-state index contributed by atoms with van der Waals surface area (Å²) in [5.41, 5.74) is 0. The molecule has 1 aliphatic carbocycles. The predicted octanol–water partition coefficient (Wildman–Crippen LogP) is 2.61. The normalized spacial score (nSPS) is 41.1. The molecule has 18 heavy (non-hydrogen) atoms. The number of nitrogens with zero attached hydrogens (tertiary/aromatic N) is 1. The van der Waals surface area contributed by atoms with Crippen LogP contribution in [-0.2, 0) is 4.79 Å². The van der Waals surface area contributed by atoms with Gasteiger partial charge >= 0.3 is 0 Å². The van der Waals surface area contributed by atoms with Crippen LogP contribution in [0.2, 0.25) is 0 Å². The van der Waals surface area contributed by atoms with Gasteiger partial charge in [0.1, 0.15) is 0 Å². The smallest absolute Gasteiger partial charge is 0.241 e. The van der Waals surface area contributed by atoms with Crippen LogP contribution in [0.4, 0.5) is 0 Å². The van der Waals surface area contributed by atoms with Gasteiger partial charge in [-0.05, 0) is 37.5 Å². The summed E-state index contributed by atoms with van der Waals surface area (Å²) in [6.07, 6.45) is 3.91. The van der Waals surface area contributed by atoms with E-state index in [4.69, 9.17) is 0 Å². The van der Waals surface area contributed by atoms with Crippen LogP contribution in [0.3, 0.4) is 0 Å². The van der Waals surface area contributed by atoms with Gasteiger partial charge in [0.25, 0.3) is 0 Å². The molecule has 0 aromatic rings. The fourth-order valence-electron chi connectivity index (χ4n) is 3.88. The average Bonchev–Trinajstić information content (AvgIpc) is 2.80. The lowest BCUT2D eigenvalue weighted by Gasteiger charge is -2.32. The SMILES string of the molecule is CCC1CCC(N2C(=O)C(C(C)C)NC2C)C1C. The van der Waals surface area contributed by atoms with Gasteiger partial charge in [0.05, 0.1) is 12.2 Å². The van der Waals surface area contributed by atoms with Crippen molar-refractivity contribution in [3.63, 3.8) is 0 Å². The van der Waals surface area contributed by atoms with Crippen LogP contribution in [-0.4, -0.2) is 29.1 Å². The van der Waals surface area contributed by atoms with E-state index in [9.17, 15) is 4.79 Å². The highest BCUT2D eigenvalue weighted by Gasteiger charge is 2.46. The van der Waals surface area contributed by atoms with E-state index in [1.54, 1.807) is 0 Å². The van der Waals surface area contributed by atoms with E-state index in [1.165, 1.54) is 19.3 Å². The molecule has 2 aliphatic rings.